The van der Waals surface area contributed by atoms with E-state index in [9.17, 15) is 8.78 Å². The summed E-state index contributed by atoms with van der Waals surface area (Å²) in [7, 11) is 0. The van der Waals surface area contributed by atoms with E-state index in [1.807, 2.05) is 0 Å². The standard InChI is InChI=1S/C17H16F2N4OS/c18-12-6-13(19)16-14(7-12)25-17(22-16)23-5-1-2-11(9-23)10-24-15-8-20-3-4-21-15/h3-4,6-8,11H,1-2,5,9-10H2. The molecule has 130 valence electrons. The Bertz CT molecular complexity index is 874. The molecule has 0 N–H and O–H groups in total. The second-order valence-corrected chi connectivity index (χ2v) is 7.05. The van der Waals surface area contributed by atoms with E-state index < -0.39 is 11.6 Å². The van der Waals surface area contributed by atoms with Crippen molar-refractivity contribution in [2.75, 3.05) is 24.6 Å². The van der Waals surface area contributed by atoms with Gasteiger partial charge < -0.3 is 9.64 Å². The summed E-state index contributed by atoms with van der Waals surface area (Å²) >= 11 is 1.32. The van der Waals surface area contributed by atoms with E-state index in [1.165, 1.54) is 17.4 Å². The first-order chi connectivity index (χ1) is 12.2. The number of halogens is 2. The Morgan fingerprint density at radius 1 is 1.28 bits per heavy atom. The molecular weight excluding hydrogens is 346 g/mol. The minimum atomic E-state index is -0.614. The van der Waals surface area contributed by atoms with Crippen LogP contribution >= 0.6 is 11.3 Å². The zero-order chi connectivity index (χ0) is 17.2. The molecule has 3 heterocycles. The number of aromatic nitrogens is 3. The van der Waals surface area contributed by atoms with Crippen molar-refractivity contribution in [3.63, 3.8) is 0 Å². The molecule has 0 aliphatic carbocycles. The van der Waals surface area contributed by atoms with Crippen molar-refractivity contribution in [3.8, 4) is 5.88 Å². The third-order valence-electron chi connectivity index (χ3n) is 4.20. The lowest BCUT2D eigenvalue weighted by atomic mass is 9.99. The molecule has 8 heteroatoms. The molecule has 1 aromatic carbocycles. The number of benzene rings is 1. The molecule has 4 rings (SSSR count). The molecule has 1 aliphatic rings. The second-order valence-electron chi connectivity index (χ2n) is 6.04. The van der Waals surface area contributed by atoms with Crippen molar-refractivity contribution in [3.05, 3.63) is 42.4 Å². The third-order valence-corrected chi connectivity index (χ3v) is 5.26. The van der Waals surface area contributed by atoms with Crippen LogP contribution in [-0.4, -0.2) is 34.6 Å². The average Bonchev–Trinajstić information content (AvgIpc) is 3.06. The lowest BCUT2D eigenvalue weighted by Crippen LogP contribution is -2.37. The molecule has 1 unspecified atom stereocenters. The number of piperidine rings is 1. The van der Waals surface area contributed by atoms with Crippen molar-refractivity contribution >= 4 is 26.7 Å². The van der Waals surface area contributed by atoms with Gasteiger partial charge in [0.1, 0.15) is 11.3 Å². The van der Waals surface area contributed by atoms with Gasteiger partial charge in [0.15, 0.2) is 10.9 Å². The molecule has 2 aromatic heterocycles. The van der Waals surface area contributed by atoms with Crippen LogP contribution < -0.4 is 9.64 Å². The highest BCUT2D eigenvalue weighted by molar-refractivity contribution is 7.22. The maximum Gasteiger partial charge on any atom is 0.232 e. The molecule has 0 saturated carbocycles. The van der Waals surface area contributed by atoms with Crippen LogP contribution in [-0.2, 0) is 0 Å². The van der Waals surface area contributed by atoms with Crippen molar-refractivity contribution in [2.45, 2.75) is 12.8 Å². The highest BCUT2D eigenvalue weighted by Crippen LogP contribution is 2.33. The summed E-state index contributed by atoms with van der Waals surface area (Å²) in [6, 6.07) is 2.21. The first-order valence-corrected chi connectivity index (χ1v) is 8.90. The Morgan fingerprint density at radius 3 is 3.04 bits per heavy atom. The molecule has 0 bridgehead atoms. The Kier molecular flexibility index (Phi) is 4.44. The predicted molar refractivity (Wildman–Crippen MR) is 92.0 cm³/mol. The van der Waals surface area contributed by atoms with E-state index in [0.717, 1.165) is 37.1 Å². The summed E-state index contributed by atoms with van der Waals surface area (Å²) in [5, 5.41) is 0.726. The van der Waals surface area contributed by atoms with E-state index in [4.69, 9.17) is 4.74 Å². The van der Waals surface area contributed by atoms with Gasteiger partial charge >= 0.3 is 0 Å². The smallest absolute Gasteiger partial charge is 0.232 e. The van der Waals surface area contributed by atoms with Crippen LogP contribution in [0.1, 0.15) is 12.8 Å². The van der Waals surface area contributed by atoms with Gasteiger partial charge in [-0.1, -0.05) is 11.3 Å². The van der Waals surface area contributed by atoms with Gasteiger partial charge in [-0.2, -0.15) is 0 Å². The van der Waals surface area contributed by atoms with Crippen LogP contribution in [0.2, 0.25) is 0 Å². The number of anilines is 1. The zero-order valence-corrected chi connectivity index (χ0v) is 14.2. The zero-order valence-electron chi connectivity index (χ0n) is 13.4. The molecule has 25 heavy (non-hydrogen) atoms. The van der Waals surface area contributed by atoms with Crippen LogP contribution in [0.5, 0.6) is 5.88 Å². The quantitative estimate of drug-likeness (QED) is 0.709. The van der Waals surface area contributed by atoms with Gasteiger partial charge in [-0.3, -0.25) is 4.98 Å². The number of hydrogen-bond acceptors (Lipinski definition) is 6. The maximum absolute atomic E-state index is 13.9. The SMILES string of the molecule is Fc1cc(F)c2nc(N3CCCC(COc4cnccn4)C3)sc2c1. The van der Waals surface area contributed by atoms with Crippen molar-refractivity contribution in [1.82, 2.24) is 15.0 Å². The largest absolute Gasteiger partial charge is 0.476 e. The normalized spacial score (nSPS) is 17.8. The minimum Gasteiger partial charge on any atom is -0.476 e. The van der Waals surface area contributed by atoms with Gasteiger partial charge in [0.25, 0.3) is 0 Å². The number of thiazole rings is 1. The number of fused-ring (bicyclic) bond motifs is 1. The first kappa shape index (κ1) is 16.1. The highest BCUT2D eigenvalue weighted by atomic mass is 32.1. The van der Waals surface area contributed by atoms with E-state index >= 15 is 0 Å². The van der Waals surface area contributed by atoms with Crippen molar-refractivity contribution in [1.29, 1.82) is 0 Å². The van der Waals surface area contributed by atoms with E-state index in [-0.39, 0.29) is 5.52 Å². The first-order valence-electron chi connectivity index (χ1n) is 8.08. The van der Waals surface area contributed by atoms with Crippen molar-refractivity contribution < 1.29 is 13.5 Å². The third kappa shape index (κ3) is 3.53. The summed E-state index contributed by atoms with van der Waals surface area (Å²) in [6.07, 6.45) is 6.83. The topological polar surface area (TPSA) is 51.1 Å². The van der Waals surface area contributed by atoms with Gasteiger partial charge in [-0.15, -0.1) is 0 Å². The van der Waals surface area contributed by atoms with Crippen molar-refractivity contribution in [2.24, 2.45) is 5.92 Å². The monoisotopic (exact) mass is 362 g/mol. The van der Waals surface area contributed by atoms with Gasteiger partial charge in [0.2, 0.25) is 5.88 Å². The summed E-state index contributed by atoms with van der Waals surface area (Å²) in [5.41, 5.74) is 0.235. The van der Waals surface area contributed by atoms with Crippen LogP contribution in [0.4, 0.5) is 13.9 Å². The number of ether oxygens (including phenoxy) is 1. The summed E-state index contributed by atoms with van der Waals surface area (Å²) in [4.78, 5) is 14.6. The molecule has 1 fully saturated rings. The predicted octanol–water partition coefficient (Wildman–Crippen LogP) is 3.66. The molecule has 0 spiro atoms. The molecular formula is C17H16F2N4OS. The molecule has 1 atom stereocenters. The van der Waals surface area contributed by atoms with Crippen LogP contribution in [0, 0.1) is 17.6 Å². The van der Waals surface area contributed by atoms with Gasteiger partial charge in [-0.05, 0) is 18.9 Å². The fourth-order valence-electron chi connectivity index (χ4n) is 3.02. The Labute approximate surface area is 147 Å². The van der Waals surface area contributed by atoms with E-state index in [1.54, 1.807) is 18.6 Å². The summed E-state index contributed by atoms with van der Waals surface area (Å²) < 4.78 is 33.5. The average molecular weight is 362 g/mol. The van der Waals surface area contributed by atoms with Gasteiger partial charge in [0.05, 0.1) is 17.5 Å². The molecule has 0 amide bonds. The fraction of sp³-hybridized carbons (Fsp3) is 0.353. The Balaban J connectivity index is 1.46. The Hall–Kier alpha value is -2.35. The molecule has 5 nitrogen and oxygen atoms in total. The van der Waals surface area contributed by atoms with Crippen LogP contribution in [0.15, 0.2) is 30.7 Å². The molecule has 1 aliphatic heterocycles. The van der Waals surface area contributed by atoms with Crippen LogP contribution in [0.25, 0.3) is 10.2 Å². The lowest BCUT2D eigenvalue weighted by Gasteiger charge is -2.32. The summed E-state index contributed by atoms with van der Waals surface area (Å²) in [5.74, 6) is -0.354. The van der Waals surface area contributed by atoms with Gasteiger partial charge in [0, 0.05) is 37.5 Å². The fourth-order valence-corrected chi connectivity index (χ4v) is 4.06. The molecule has 0 radical (unpaired) electrons. The van der Waals surface area contributed by atoms with E-state index in [0.29, 0.717) is 23.1 Å². The number of nitrogens with zero attached hydrogens (tertiary/aromatic N) is 4. The Morgan fingerprint density at radius 2 is 2.20 bits per heavy atom. The lowest BCUT2D eigenvalue weighted by molar-refractivity contribution is 0.221. The highest BCUT2D eigenvalue weighted by Gasteiger charge is 2.24. The molecule has 1 saturated heterocycles. The number of hydrogen-bond donors (Lipinski definition) is 0. The van der Waals surface area contributed by atoms with E-state index in [2.05, 4.69) is 19.9 Å². The maximum atomic E-state index is 13.9. The second kappa shape index (κ2) is 6.87. The molecule has 3 aromatic rings. The number of rotatable bonds is 4. The summed E-state index contributed by atoms with van der Waals surface area (Å²) in [6.45, 7) is 2.17. The van der Waals surface area contributed by atoms with Crippen LogP contribution in [0.3, 0.4) is 0 Å². The minimum absolute atomic E-state index is 0.235. The van der Waals surface area contributed by atoms with Gasteiger partial charge in [-0.25, -0.2) is 18.7 Å².